The van der Waals surface area contributed by atoms with Crippen LogP contribution in [0.5, 0.6) is 11.5 Å². The SMILES string of the molecule is COc1ccc(C2/C(=C(/O)c3ccc(Br)cc3)C(=O)C(=O)N2CCc2c[nH]c3ccccc23)c(OC)c1. The third kappa shape index (κ3) is 4.49. The van der Waals surface area contributed by atoms with Crippen molar-refractivity contribution < 1.29 is 24.2 Å². The number of nitrogens with one attached hydrogen (secondary N) is 1. The molecule has 0 spiro atoms. The molecule has 1 unspecified atom stereocenters. The lowest BCUT2D eigenvalue weighted by Gasteiger charge is -2.27. The van der Waals surface area contributed by atoms with Gasteiger partial charge in [-0.15, -0.1) is 0 Å². The minimum atomic E-state index is -0.838. The van der Waals surface area contributed by atoms with Gasteiger partial charge in [-0.1, -0.05) is 46.3 Å². The Morgan fingerprint density at radius 1 is 1.03 bits per heavy atom. The first-order valence-electron chi connectivity index (χ1n) is 11.7. The number of aliphatic hydroxyl groups excluding tert-OH is 1. The average Bonchev–Trinajstić information content (AvgIpc) is 3.45. The van der Waals surface area contributed by atoms with E-state index in [1.807, 2.05) is 30.5 Å². The Hall–Kier alpha value is -4.04. The number of carbonyl (C=O) groups is 2. The number of fused-ring (bicyclic) bond motifs is 1. The Balaban J connectivity index is 1.61. The number of nitrogens with zero attached hydrogens (tertiary/aromatic N) is 1. The Bertz CT molecular complexity index is 1520. The van der Waals surface area contributed by atoms with E-state index in [1.54, 1.807) is 49.6 Å². The molecule has 3 aromatic carbocycles. The summed E-state index contributed by atoms with van der Waals surface area (Å²) >= 11 is 3.39. The fourth-order valence-corrected chi connectivity index (χ4v) is 5.09. The van der Waals surface area contributed by atoms with Crippen LogP contribution in [0.15, 0.2) is 83.0 Å². The second kappa shape index (κ2) is 10.1. The Labute approximate surface area is 222 Å². The fourth-order valence-electron chi connectivity index (χ4n) is 4.82. The molecule has 188 valence electrons. The van der Waals surface area contributed by atoms with Crippen LogP contribution >= 0.6 is 15.9 Å². The first-order chi connectivity index (χ1) is 17.9. The van der Waals surface area contributed by atoms with Crippen LogP contribution in [0.2, 0.25) is 0 Å². The van der Waals surface area contributed by atoms with E-state index in [0.29, 0.717) is 29.0 Å². The molecular weight excluding hydrogens is 536 g/mol. The Morgan fingerprint density at radius 2 is 1.78 bits per heavy atom. The minimum absolute atomic E-state index is 0.0229. The number of carbonyl (C=O) groups excluding carboxylic acids is 2. The van der Waals surface area contributed by atoms with E-state index in [-0.39, 0.29) is 17.9 Å². The summed E-state index contributed by atoms with van der Waals surface area (Å²) in [4.78, 5) is 31.5. The molecule has 0 radical (unpaired) electrons. The molecule has 1 aromatic heterocycles. The van der Waals surface area contributed by atoms with Crippen molar-refractivity contribution in [2.75, 3.05) is 20.8 Å². The molecule has 4 aromatic rings. The van der Waals surface area contributed by atoms with Crippen molar-refractivity contribution in [1.29, 1.82) is 0 Å². The largest absolute Gasteiger partial charge is 0.507 e. The molecule has 1 fully saturated rings. The number of ketones is 1. The number of likely N-dealkylation sites (tertiary alicyclic amines) is 1. The molecular formula is C29H25BrN2O5. The topological polar surface area (TPSA) is 91.9 Å². The van der Waals surface area contributed by atoms with Crippen LogP contribution in [-0.2, 0) is 16.0 Å². The molecule has 1 amide bonds. The molecule has 2 N–H and O–H groups in total. The summed E-state index contributed by atoms with van der Waals surface area (Å²) in [6.45, 7) is 0.267. The van der Waals surface area contributed by atoms with Crippen molar-refractivity contribution in [2.24, 2.45) is 0 Å². The highest BCUT2D eigenvalue weighted by molar-refractivity contribution is 9.10. The maximum Gasteiger partial charge on any atom is 0.295 e. The van der Waals surface area contributed by atoms with Gasteiger partial charge in [0.2, 0.25) is 0 Å². The van der Waals surface area contributed by atoms with Gasteiger partial charge in [-0.3, -0.25) is 9.59 Å². The Morgan fingerprint density at radius 3 is 2.51 bits per heavy atom. The van der Waals surface area contributed by atoms with Crippen molar-refractivity contribution in [3.05, 3.63) is 99.7 Å². The molecule has 0 bridgehead atoms. The molecule has 8 heteroatoms. The number of rotatable bonds is 7. The molecule has 5 rings (SSSR count). The van der Waals surface area contributed by atoms with Crippen LogP contribution in [0.1, 0.15) is 22.7 Å². The second-order valence-corrected chi connectivity index (χ2v) is 9.63. The number of aromatic amines is 1. The van der Waals surface area contributed by atoms with Crippen LogP contribution in [0.4, 0.5) is 0 Å². The van der Waals surface area contributed by atoms with Crippen LogP contribution < -0.4 is 9.47 Å². The number of para-hydroxylation sites is 1. The number of hydrogen-bond donors (Lipinski definition) is 2. The van der Waals surface area contributed by atoms with Crippen LogP contribution in [0.25, 0.3) is 16.7 Å². The first-order valence-corrected chi connectivity index (χ1v) is 12.5. The average molecular weight is 561 g/mol. The monoisotopic (exact) mass is 560 g/mol. The van der Waals surface area contributed by atoms with E-state index in [4.69, 9.17) is 9.47 Å². The zero-order chi connectivity index (χ0) is 26.1. The predicted molar refractivity (Wildman–Crippen MR) is 145 cm³/mol. The van der Waals surface area contributed by atoms with E-state index in [2.05, 4.69) is 20.9 Å². The molecule has 0 saturated carbocycles. The maximum atomic E-state index is 13.4. The number of methoxy groups -OCH3 is 2. The molecule has 1 aliphatic heterocycles. The van der Waals surface area contributed by atoms with E-state index < -0.39 is 17.7 Å². The quantitative estimate of drug-likeness (QED) is 0.174. The third-order valence-corrected chi connectivity index (χ3v) is 7.22. The lowest BCUT2D eigenvalue weighted by molar-refractivity contribution is -0.139. The summed E-state index contributed by atoms with van der Waals surface area (Å²) in [6.07, 6.45) is 2.44. The van der Waals surface area contributed by atoms with E-state index >= 15 is 0 Å². The number of aliphatic hydroxyl groups is 1. The highest BCUT2D eigenvalue weighted by Gasteiger charge is 2.47. The van der Waals surface area contributed by atoms with E-state index in [1.165, 1.54) is 12.0 Å². The zero-order valence-electron chi connectivity index (χ0n) is 20.3. The van der Waals surface area contributed by atoms with Crippen molar-refractivity contribution >= 4 is 44.3 Å². The molecule has 2 heterocycles. The van der Waals surface area contributed by atoms with Crippen molar-refractivity contribution in [1.82, 2.24) is 9.88 Å². The van der Waals surface area contributed by atoms with Gasteiger partial charge in [-0.25, -0.2) is 0 Å². The summed E-state index contributed by atoms with van der Waals surface area (Å²) in [5.74, 6) is -0.610. The maximum absolute atomic E-state index is 13.4. The molecule has 37 heavy (non-hydrogen) atoms. The van der Waals surface area contributed by atoms with Gasteiger partial charge in [0.15, 0.2) is 0 Å². The number of Topliss-reactive ketones (excluding diaryl/α,β-unsaturated/α-hetero) is 1. The van der Waals surface area contributed by atoms with Gasteiger partial charge in [-0.2, -0.15) is 0 Å². The summed E-state index contributed by atoms with van der Waals surface area (Å²) < 4.78 is 11.8. The second-order valence-electron chi connectivity index (χ2n) is 8.72. The summed E-state index contributed by atoms with van der Waals surface area (Å²) in [6, 6.07) is 19.2. The van der Waals surface area contributed by atoms with Gasteiger partial charge in [0.05, 0.1) is 25.8 Å². The smallest absolute Gasteiger partial charge is 0.295 e. The zero-order valence-corrected chi connectivity index (χ0v) is 21.9. The van der Waals surface area contributed by atoms with Crippen LogP contribution in [0.3, 0.4) is 0 Å². The number of amides is 1. The highest BCUT2D eigenvalue weighted by Crippen LogP contribution is 2.44. The number of aromatic nitrogens is 1. The molecule has 0 aliphatic carbocycles. The van der Waals surface area contributed by atoms with E-state index in [9.17, 15) is 14.7 Å². The number of benzene rings is 3. The normalized spacial score (nSPS) is 16.9. The van der Waals surface area contributed by atoms with Gasteiger partial charge in [0, 0.05) is 45.3 Å². The number of halogens is 1. The first kappa shape index (κ1) is 24.6. The van der Waals surface area contributed by atoms with Crippen molar-refractivity contribution in [2.45, 2.75) is 12.5 Å². The van der Waals surface area contributed by atoms with E-state index in [0.717, 1.165) is 20.9 Å². The molecule has 1 saturated heterocycles. The highest BCUT2D eigenvalue weighted by atomic mass is 79.9. The third-order valence-electron chi connectivity index (χ3n) is 6.69. The fraction of sp³-hybridized carbons (Fsp3) is 0.172. The van der Waals surface area contributed by atoms with Gasteiger partial charge in [0.1, 0.15) is 17.3 Å². The molecule has 1 atom stereocenters. The van der Waals surface area contributed by atoms with Crippen LogP contribution in [0, 0.1) is 0 Å². The lowest BCUT2D eigenvalue weighted by atomic mass is 9.94. The van der Waals surface area contributed by atoms with Gasteiger partial charge < -0.3 is 24.5 Å². The minimum Gasteiger partial charge on any atom is -0.507 e. The summed E-state index contributed by atoms with van der Waals surface area (Å²) in [5.41, 5.74) is 3.08. The van der Waals surface area contributed by atoms with Crippen molar-refractivity contribution in [3.8, 4) is 11.5 Å². The summed E-state index contributed by atoms with van der Waals surface area (Å²) in [7, 11) is 3.07. The van der Waals surface area contributed by atoms with Gasteiger partial charge in [-0.05, 0) is 42.3 Å². The lowest BCUT2D eigenvalue weighted by Crippen LogP contribution is -2.31. The summed E-state index contributed by atoms with van der Waals surface area (Å²) in [5, 5.41) is 12.4. The van der Waals surface area contributed by atoms with Gasteiger partial charge >= 0.3 is 0 Å². The Kier molecular flexibility index (Phi) is 6.76. The standard InChI is InChI=1S/C29H25BrN2O5/c1-36-20-11-12-22(24(15-20)37-2)26-25(27(33)17-7-9-19(30)10-8-17)28(34)29(35)32(26)14-13-18-16-31-23-6-4-3-5-21(18)23/h3-12,15-16,26,31,33H,13-14H2,1-2H3/b27-25-. The molecule has 7 nitrogen and oxygen atoms in total. The number of ether oxygens (including phenoxy) is 2. The molecule has 1 aliphatic rings. The number of H-pyrrole nitrogens is 1. The van der Waals surface area contributed by atoms with Crippen LogP contribution in [-0.4, -0.2) is 47.4 Å². The van der Waals surface area contributed by atoms with Gasteiger partial charge in [0.25, 0.3) is 11.7 Å². The number of hydrogen-bond acceptors (Lipinski definition) is 5. The predicted octanol–water partition coefficient (Wildman–Crippen LogP) is 5.61. The van der Waals surface area contributed by atoms with Crippen molar-refractivity contribution in [3.63, 3.8) is 0 Å².